The van der Waals surface area contributed by atoms with Crippen molar-refractivity contribution in [2.24, 2.45) is 0 Å². The fraction of sp³-hybridized carbons (Fsp3) is 0.240. The van der Waals surface area contributed by atoms with Crippen molar-refractivity contribution in [3.63, 3.8) is 0 Å². The Kier molecular flexibility index (Phi) is 7.25. The van der Waals surface area contributed by atoms with E-state index < -0.39 is 45.2 Å². The van der Waals surface area contributed by atoms with Gasteiger partial charge < -0.3 is 24.6 Å². The highest BCUT2D eigenvalue weighted by molar-refractivity contribution is 6.30. The van der Waals surface area contributed by atoms with Crippen molar-refractivity contribution < 1.29 is 28.2 Å². The summed E-state index contributed by atoms with van der Waals surface area (Å²) >= 11 is 5.56. The van der Waals surface area contributed by atoms with Crippen molar-refractivity contribution >= 4 is 23.4 Å². The molecular formula is C25H22ClF2N3O5. The molecule has 1 aromatic carbocycles. The minimum absolute atomic E-state index is 0.0907. The van der Waals surface area contributed by atoms with E-state index in [1.165, 1.54) is 21.9 Å². The second-order valence-electron chi connectivity index (χ2n) is 8.14. The Balaban J connectivity index is 1.61. The first kappa shape index (κ1) is 25.2. The zero-order valence-corrected chi connectivity index (χ0v) is 19.7. The van der Waals surface area contributed by atoms with Gasteiger partial charge in [-0.2, -0.15) is 0 Å². The van der Waals surface area contributed by atoms with Gasteiger partial charge in [0.15, 0.2) is 11.4 Å². The summed E-state index contributed by atoms with van der Waals surface area (Å²) in [5.74, 6) is -4.27. The molecule has 0 saturated carbocycles. The number of aromatic hydroxyl groups is 1. The van der Waals surface area contributed by atoms with Crippen LogP contribution in [0, 0.1) is 11.6 Å². The van der Waals surface area contributed by atoms with Gasteiger partial charge in [0.05, 0.1) is 18.9 Å². The van der Waals surface area contributed by atoms with Gasteiger partial charge in [-0.25, -0.2) is 8.78 Å². The van der Waals surface area contributed by atoms with Gasteiger partial charge in [0.1, 0.15) is 22.2 Å². The van der Waals surface area contributed by atoms with E-state index in [0.717, 1.165) is 17.7 Å². The monoisotopic (exact) mass is 517 g/mol. The van der Waals surface area contributed by atoms with E-state index in [9.17, 15) is 28.3 Å². The van der Waals surface area contributed by atoms with Crippen LogP contribution in [0.2, 0.25) is 5.02 Å². The molecule has 4 rings (SSSR count). The molecule has 2 aliphatic heterocycles. The second kappa shape index (κ2) is 10.4. The zero-order chi connectivity index (χ0) is 26.0. The summed E-state index contributed by atoms with van der Waals surface area (Å²) < 4.78 is 34.0. The van der Waals surface area contributed by atoms with Crippen LogP contribution < -0.4 is 10.7 Å². The average Bonchev–Trinajstić information content (AvgIpc) is 2.87. The highest BCUT2D eigenvalue weighted by atomic mass is 35.5. The van der Waals surface area contributed by atoms with Crippen LogP contribution in [0.1, 0.15) is 32.8 Å². The molecule has 0 saturated heterocycles. The summed E-state index contributed by atoms with van der Waals surface area (Å²) in [6.07, 6.45) is 8.74. The van der Waals surface area contributed by atoms with E-state index in [4.69, 9.17) is 16.3 Å². The van der Waals surface area contributed by atoms with Crippen molar-refractivity contribution in [1.82, 2.24) is 14.8 Å². The van der Waals surface area contributed by atoms with Gasteiger partial charge in [-0.15, -0.1) is 0 Å². The van der Waals surface area contributed by atoms with Crippen LogP contribution in [0.3, 0.4) is 0 Å². The molecule has 0 radical (unpaired) electrons. The largest absolute Gasteiger partial charge is 0.503 e. The van der Waals surface area contributed by atoms with E-state index in [1.807, 2.05) is 18.2 Å². The van der Waals surface area contributed by atoms with Gasteiger partial charge >= 0.3 is 0 Å². The van der Waals surface area contributed by atoms with Gasteiger partial charge in [0.2, 0.25) is 5.43 Å². The first-order chi connectivity index (χ1) is 17.2. The lowest BCUT2D eigenvalue weighted by molar-refractivity contribution is 0.0643. The Morgan fingerprint density at radius 3 is 2.86 bits per heavy atom. The molecule has 1 aromatic heterocycles. The third kappa shape index (κ3) is 4.64. The number of nitrogens with one attached hydrogen (secondary N) is 1. The van der Waals surface area contributed by atoms with Crippen LogP contribution in [0.15, 0.2) is 59.8 Å². The number of hydrogen-bond donors (Lipinski definition) is 2. The summed E-state index contributed by atoms with van der Waals surface area (Å²) in [5, 5.41) is 12.2. The summed E-state index contributed by atoms with van der Waals surface area (Å²) in [5.41, 5.74) is -0.919. The molecule has 188 valence electrons. The highest BCUT2D eigenvalue weighted by Gasteiger charge is 2.38. The smallest absolute Gasteiger partial charge is 0.275 e. The Hall–Kier alpha value is -3.92. The Bertz CT molecular complexity index is 1370. The van der Waals surface area contributed by atoms with E-state index in [1.54, 1.807) is 0 Å². The number of benzene rings is 1. The molecule has 11 heteroatoms. The summed E-state index contributed by atoms with van der Waals surface area (Å²) in [4.78, 5) is 40.2. The normalized spacial score (nSPS) is 17.5. The van der Waals surface area contributed by atoms with Crippen LogP contribution in [0.5, 0.6) is 5.75 Å². The standard InChI is InChI=1S/C25H22ClF2N3O5/c1-2-36-10-4-6-14-5-3-9-31-18(14)13-30-12-16(22(32)23(33)21(30)25(31)35)24(34)29-11-15-7-8-17(27)19(26)20(15)28/h2-3,5-8,12,18,33H,1,4,9-11,13H2,(H,29,34)/b14-6+. The van der Waals surface area contributed by atoms with Crippen LogP contribution in [0.4, 0.5) is 8.78 Å². The average molecular weight is 518 g/mol. The van der Waals surface area contributed by atoms with Gasteiger partial charge in [-0.3, -0.25) is 14.4 Å². The van der Waals surface area contributed by atoms with Crippen molar-refractivity contribution in [2.75, 3.05) is 13.2 Å². The fourth-order valence-electron chi connectivity index (χ4n) is 4.21. The minimum atomic E-state index is -1.03. The van der Waals surface area contributed by atoms with E-state index in [0.29, 0.717) is 19.6 Å². The molecule has 8 nitrogen and oxygen atoms in total. The lowest BCUT2D eigenvalue weighted by atomic mass is 9.96. The minimum Gasteiger partial charge on any atom is -0.503 e. The number of aromatic nitrogens is 1. The second-order valence-corrected chi connectivity index (χ2v) is 8.52. The van der Waals surface area contributed by atoms with Gasteiger partial charge in [-0.1, -0.05) is 42.5 Å². The van der Waals surface area contributed by atoms with Crippen molar-refractivity contribution in [3.8, 4) is 5.75 Å². The molecule has 0 bridgehead atoms. The number of ether oxygens (including phenoxy) is 1. The number of carbonyl (C=O) groups is 2. The van der Waals surface area contributed by atoms with Crippen LogP contribution >= 0.6 is 11.6 Å². The number of halogens is 3. The number of rotatable bonds is 7. The van der Waals surface area contributed by atoms with Crippen LogP contribution in [-0.4, -0.2) is 45.6 Å². The number of carbonyl (C=O) groups excluding carboxylic acids is 2. The number of pyridine rings is 1. The number of amides is 2. The number of hydrogen-bond acceptors (Lipinski definition) is 5. The highest BCUT2D eigenvalue weighted by Crippen LogP contribution is 2.30. The van der Waals surface area contributed by atoms with Crippen LogP contribution in [0.25, 0.3) is 0 Å². The molecule has 0 fully saturated rings. The number of fused-ring (bicyclic) bond motifs is 2. The molecule has 0 spiro atoms. The third-order valence-electron chi connectivity index (χ3n) is 6.00. The molecule has 2 amide bonds. The van der Waals surface area contributed by atoms with Gasteiger partial charge in [-0.05, 0) is 11.6 Å². The Morgan fingerprint density at radius 2 is 2.11 bits per heavy atom. The fourth-order valence-corrected chi connectivity index (χ4v) is 4.39. The lowest BCUT2D eigenvalue weighted by Crippen LogP contribution is -2.51. The summed E-state index contributed by atoms with van der Waals surface area (Å²) in [6, 6.07) is 1.69. The molecule has 3 heterocycles. The third-order valence-corrected chi connectivity index (χ3v) is 6.34. The predicted molar refractivity (Wildman–Crippen MR) is 128 cm³/mol. The molecular weight excluding hydrogens is 496 g/mol. The topological polar surface area (TPSA) is 101 Å². The van der Waals surface area contributed by atoms with Crippen LogP contribution in [-0.2, 0) is 17.8 Å². The quantitative estimate of drug-likeness (QED) is 0.333. The lowest BCUT2D eigenvalue weighted by Gasteiger charge is -2.40. The Labute approximate surface area is 209 Å². The number of nitrogens with zero attached hydrogens (tertiary/aromatic N) is 2. The summed E-state index contributed by atoms with van der Waals surface area (Å²) in [6.45, 7) is 4.01. The molecule has 2 aromatic rings. The van der Waals surface area contributed by atoms with E-state index in [2.05, 4.69) is 11.9 Å². The summed E-state index contributed by atoms with van der Waals surface area (Å²) in [7, 11) is 0. The molecule has 36 heavy (non-hydrogen) atoms. The Morgan fingerprint density at radius 1 is 1.33 bits per heavy atom. The first-order valence-corrected chi connectivity index (χ1v) is 11.4. The van der Waals surface area contributed by atoms with Crippen molar-refractivity contribution in [3.05, 3.63) is 98.7 Å². The zero-order valence-electron chi connectivity index (χ0n) is 19.0. The van der Waals surface area contributed by atoms with Crippen molar-refractivity contribution in [2.45, 2.75) is 25.6 Å². The van der Waals surface area contributed by atoms with E-state index in [-0.39, 0.29) is 30.4 Å². The predicted octanol–water partition coefficient (Wildman–Crippen LogP) is 3.29. The van der Waals surface area contributed by atoms with Gasteiger partial charge in [0.25, 0.3) is 11.8 Å². The molecule has 1 unspecified atom stereocenters. The van der Waals surface area contributed by atoms with E-state index >= 15 is 0 Å². The maximum absolute atomic E-state index is 14.2. The SMILES string of the molecule is C=COCC/C=C1\C=CCN2C(=O)c3c(O)c(=O)c(C(=O)NCc4ccc(F)c(Cl)c4F)cn3CC12. The van der Waals surface area contributed by atoms with Crippen molar-refractivity contribution in [1.29, 1.82) is 0 Å². The molecule has 2 N–H and O–H groups in total. The van der Waals surface area contributed by atoms with Gasteiger partial charge in [0, 0.05) is 37.8 Å². The molecule has 2 aliphatic rings. The maximum Gasteiger partial charge on any atom is 0.275 e. The molecule has 1 atom stereocenters. The maximum atomic E-state index is 14.2. The first-order valence-electron chi connectivity index (χ1n) is 11.0. The molecule has 0 aliphatic carbocycles.